The normalized spacial score (nSPS) is 10.6. The van der Waals surface area contributed by atoms with Crippen molar-refractivity contribution in [3.63, 3.8) is 0 Å². The number of benzene rings is 2. The number of para-hydroxylation sites is 1. The molecule has 3 rings (SSSR count). The van der Waals surface area contributed by atoms with Crippen LogP contribution in [0.5, 0.6) is 0 Å². The van der Waals surface area contributed by atoms with E-state index in [1.165, 1.54) is 23.9 Å². The van der Waals surface area contributed by atoms with Gasteiger partial charge in [0.2, 0.25) is 11.8 Å². The van der Waals surface area contributed by atoms with Crippen LogP contribution in [0.25, 0.3) is 0 Å². The molecule has 2 aromatic carbocycles. The summed E-state index contributed by atoms with van der Waals surface area (Å²) in [5.74, 6) is -0.267. The summed E-state index contributed by atoms with van der Waals surface area (Å²) in [4.78, 5) is 24.2. The number of carbonyl (C=O) groups excluding carboxylic acids is 2. The Hall–Kier alpha value is -2.91. The second-order valence-electron chi connectivity index (χ2n) is 6.33. The number of anilines is 2. The quantitative estimate of drug-likeness (QED) is 0.511. The summed E-state index contributed by atoms with van der Waals surface area (Å²) in [6.45, 7) is 0. The van der Waals surface area contributed by atoms with Crippen molar-refractivity contribution in [3.8, 4) is 0 Å². The third kappa shape index (κ3) is 6.04. The minimum atomic E-state index is -0.487. The molecule has 1 heterocycles. The van der Waals surface area contributed by atoms with Crippen molar-refractivity contribution >= 4 is 46.6 Å². The van der Waals surface area contributed by atoms with Gasteiger partial charge >= 0.3 is 0 Å². The van der Waals surface area contributed by atoms with Crippen LogP contribution in [-0.2, 0) is 23.1 Å². The van der Waals surface area contributed by atoms with Gasteiger partial charge in [-0.2, -0.15) is 0 Å². The molecule has 0 aliphatic carbocycles. The molecule has 3 aromatic rings. The van der Waals surface area contributed by atoms with Gasteiger partial charge in [0.15, 0.2) is 5.16 Å². The molecular formula is C20H19ClFN5O2S. The average molecular weight is 448 g/mol. The van der Waals surface area contributed by atoms with E-state index in [1.54, 1.807) is 48.0 Å². The summed E-state index contributed by atoms with van der Waals surface area (Å²) in [6.07, 6.45) is 0.458. The van der Waals surface area contributed by atoms with Gasteiger partial charge in [-0.3, -0.25) is 9.59 Å². The van der Waals surface area contributed by atoms with E-state index in [4.69, 9.17) is 11.6 Å². The van der Waals surface area contributed by atoms with Crippen LogP contribution in [0.15, 0.2) is 53.7 Å². The predicted molar refractivity (Wildman–Crippen MR) is 115 cm³/mol. The number of amides is 2. The van der Waals surface area contributed by atoms with Crippen molar-refractivity contribution in [2.24, 2.45) is 7.05 Å². The number of hydrogen-bond donors (Lipinski definition) is 2. The standard InChI is InChI=1S/C20H19ClFN5O2S/c1-27-17(9-10-18(28)24-16-8-3-2-7-15(16)22)25-26-20(27)30-12-19(29)23-14-6-4-5-13(21)11-14/h2-8,11H,9-10,12H2,1H3,(H,23,29)(H,24,28). The molecule has 7 nitrogen and oxygen atoms in total. The lowest BCUT2D eigenvalue weighted by molar-refractivity contribution is -0.116. The fourth-order valence-electron chi connectivity index (χ4n) is 2.58. The molecule has 0 fully saturated rings. The topological polar surface area (TPSA) is 88.9 Å². The van der Waals surface area contributed by atoms with Crippen molar-refractivity contribution in [1.82, 2.24) is 14.8 Å². The monoisotopic (exact) mass is 447 g/mol. The first-order valence-electron chi connectivity index (χ1n) is 9.03. The third-order valence-corrected chi connectivity index (χ3v) is 5.34. The van der Waals surface area contributed by atoms with Crippen molar-refractivity contribution in [1.29, 1.82) is 0 Å². The van der Waals surface area contributed by atoms with Crippen molar-refractivity contribution in [3.05, 3.63) is 65.2 Å². The van der Waals surface area contributed by atoms with Crippen LogP contribution in [-0.4, -0.2) is 32.3 Å². The van der Waals surface area contributed by atoms with E-state index in [9.17, 15) is 14.0 Å². The number of halogens is 2. The number of hydrogen-bond acceptors (Lipinski definition) is 5. The Bertz CT molecular complexity index is 1060. The molecule has 1 aromatic heterocycles. The average Bonchev–Trinajstić information content (AvgIpc) is 3.06. The number of aromatic nitrogens is 3. The molecule has 30 heavy (non-hydrogen) atoms. The summed E-state index contributed by atoms with van der Waals surface area (Å²) >= 11 is 7.14. The maximum atomic E-state index is 13.6. The molecule has 2 amide bonds. The Balaban J connectivity index is 1.48. The zero-order chi connectivity index (χ0) is 21.5. The molecule has 0 spiro atoms. The highest BCUT2D eigenvalue weighted by molar-refractivity contribution is 7.99. The number of carbonyl (C=O) groups is 2. The van der Waals surface area contributed by atoms with Crippen LogP contribution in [0, 0.1) is 5.82 Å². The van der Waals surface area contributed by atoms with Crippen LogP contribution >= 0.6 is 23.4 Å². The van der Waals surface area contributed by atoms with E-state index in [1.807, 2.05) is 0 Å². The van der Waals surface area contributed by atoms with E-state index in [0.29, 0.717) is 28.1 Å². The van der Waals surface area contributed by atoms with Crippen LogP contribution in [0.1, 0.15) is 12.2 Å². The van der Waals surface area contributed by atoms with E-state index in [2.05, 4.69) is 20.8 Å². The molecule has 0 radical (unpaired) electrons. The summed E-state index contributed by atoms with van der Waals surface area (Å²) in [6, 6.07) is 12.9. The summed E-state index contributed by atoms with van der Waals surface area (Å²) < 4.78 is 15.3. The molecule has 10 heteroatoms. The first kappa shape index (κ1) is 21.8. The Morgan fingerprint density at radius 2 is 1.90 bits per heavy atom. The highest BCUT2D eigenvalue weighted by Gasteiger charge is 2.14. The molecule has 0 aliphatic heterocycles. The molecule has 0 unspecified atom stereocenters. The second kappa shape index (κ2) is 10.2. The molecular weight excluding hydrogens is 429 g/mol. The van der Waals surface area contributed by atoms with Crippen molar-refractivity contribution < 1.29 is 14.0 Å². The van der Waals surface area contributed by atoms with Crippen LogP contribution in [0.3, 0.4) is 0 Å². The number of nitrogens with one attached hydrogen (secondary N) is 2. The van der Waals surface area contributed by atoms with E-state index in [0.717, 1.165) is 0 Å². The van der Waals surface area contributed by atoms with Gasteiger partial charge in [-0.25, -0.2) is 4.39 Å². The van der Waals surface area contributed by atoms with E-state index >= 15 is 0 Å². The Kier molecular flexibility index (Phi) is 7.42. The Labute approximate surface area is 182 Å². The minimum absolute atomic E-state index is 0.125. The number of aryl methyl sites for hydroxylation is 1. The summed E-state index contributed by atoms with van der Waals surface area (Å²) in [7, 11) is 1.77. The van der Waals surface area contributed by atoms with Gasteiger partial charge in [-0.05, 0) is 30.3 Å². The zero-order valence-corrected chi connectivity index (χ0v) is 17.6. The Morgan fingerprint density at radius 3 is 2.67 bits per heavy atom. The molecule has 0 saturated carbocycles. The van der Waals surface area contributed by atoms with E-state index in [-0.39, 0.29) is 29.7 Å². The van der Waals surface area contributed by atoms with Gasteiger partial charge in [0.25, 0.3) is 0 Å². The van der Waals surface area contributed by atoms with Crippen LogP contribution in [0.4, 0.5) is 15.8 Å². The molecule has 0 atom stereocenters. The molecule has 0 aliphatic rings. The number of thioether (sulfide) groups is 1. The van der Waals surface area contributed by atoms with Crippen molar-refractivity contribution in [2.75, 3.05) is 16.4 Å². The predicted octanol–water partition coefficient (Wildman–Crippen LogP) is 3.91. The minimum Gasteiger partial charge on any atom is -0.325 e. The molecule has 156 valence electrons. The van der Waals surface area contributed by atoms with Crippen LogP contribution < -0.4 is 10.6 Å². The fraction of sp³-hybridized carbons (Fsp3) is 0.200. The van der Waals surface area contributed by atoms with Gasteiger partial charge in [0.1, 0.15) is 11.6 Å². The summed E-state index contributed by atoms with van der Waals surface area (Å²) in [5.41, 5.74) is 0.759. The first-order valence-corrected chi connectivity index (χ1v) is 10.4. The van der Waals surface area contributed by atoms with Gasteiger partial charge in [0, 0.05) is 30.6 Å². The number of rotatable bonds is 8. The lowest BCUT2D eigenvalue weighted by Crippen LogP contribution is -2.15. The van der Waals surface area contributed by atoms with Gasteiger partial charge < -0.3 is 15.2 Å². The smallest absolute Gasteiger partial charge is 0.234 e. The first-order chi connectivity index (χ1) is 14.4. The largest absolute Gasteiger partial charge is 0.325 e. The maximum absolute atomic E-state index is 13.6. The third-order valence-electron chi connectivity index (χ3n) is 4.09. The van der Waals surface area contributed by atoms with Gasteiger partial charge in [-0.15, -0.1) is 10.2 Å². The van der Waals surface area contributed by atoms with E-state index < -0.39 is 5.82 Å². The molecule has 0 bridgehead atoms. The Morgan fingerprint density at radius 1 is 1.10 bits per heavy atom. The highest BCUT2D eigenvalue weighted by Crippen LogP contribution is 2.19. The zero-order valence-electron chi connectivity index (χ0n) is 16.1. The van der Waals surface area contributed by atoms with Gasteiger partial charge in [-0.1, -0.05) is 41.6 Å². The van der Waals surface area contributed by atoms with Crippen molar-refractivity contribution in [2.45, 2.75) is 18.0 Å². The lowest BCUT2D eigenvalue weighted by Gasteiger charge is -2.07. The number of nitrogens with zero attached hydrogens (tertiary/aromatic N) is 3. The molecule has 2 N–H and O–H groups in total. The second-order valence-corrected chi connectivity index (χ2v) is 7.71. The highest BCUT2D eigenvalue weighted by atomic mass is 35.5. The van der Waals surface area contributed by atoms with Gasteiger partial charge in [0.05, 0.1) is 11.4 Å². The van der Waals surface area contributed by atoms with Crippen LogP contribution in [0.2, 0.25) is 5.02 Å². The fourth-order valence-corrected chi connectivity index (χ4v) is 3.50. The SMILES string of the molecule is Cn1c(CCC(=O)Nc2ccccc2F)nnc1SCC(=O)Nc1cccc(Cl)c1. The lowest BCUT2D eigenvalue weighted by atomic mass is 10.2. The summed E-state index contributed by atoms with van der Waals surface area (Å²) in [5, 5.41) is 14.5. The maximum Gasteiger partial charge on any atom is 0.234 e. The molecule has 0 saturated heterocycles.